The maximum Gasteiger partial charge on any atom is 0.0559 e. The molecule has 0 bridgehead atoms. The van der Waals surface area contributed by atoms with E-state index in [0.717, 1.165) is 17.8 Å². The monoisotopic (exact) mass is 530 g/mol. The van der Waals surface area contributed by atoms with Crippen LogP contribution in [0.5, 0.6) is 0 Å². The molecule has 41 heavy (non-hydrogen) atoms. The summed E-state index contributed by atoms with van der Waals surface area (Å²) < 4.78 is 0. The van der Waals surface area contributed by atoms with Crippen molar-refractivity contribution in [2.24, 2.45) is 0 Å². The maximum atomic E-state index is 2.48. The number of nitrogens with zero attached hydrogens (tertiary/aromatic N) is 2. The van der Waals surface area contributed by atoms with Crippen molar-refractivity contribution in [1.82, 2.24) is 0 Å². The van der Waals surface area contributed by atoms with Gasteiger partial charge in [0.25, 0.3) is 0 Å². The summed E-state index contributed by atoms with van der Waals surface area (Å²) in [4.78, 5) is 4.84. The molecule has 7 rings (SSSR count). The highest BCUT2D eigenvalue weighted by Crippen LogP contribution is 2.52. The van der Waals surface area contributed by atoms with Gasteiger partial charge in [-0.25, -0.2) is 0 Å². The van der Waals surface area contributed by atoms with Gasteiger partial charge in [0.2, 0.25) is 0 Å². The molecule has 2 heteroatoms. The second kappa shape index (κ2) is 10.3. The normalized spacial score (nSPS) is 16.2. The summed E-state index contributed by atoms with van der Waals surface area (Å²) >= 11 is 0. The number of benzene rings is 5. The van der Waals surface area contributed by atoms with Gasteiger partial charge in [-0.05, 0) is 89.3 Å². The van der Waals surface area contributed by atoms with E-state index in [4.69, 9.17) is 0 Å². The second-order valence-corrected chi connectivity index (χ2v) is 11.4. The number of allylic oxidation sites excluding steroid dienone is 2. The predicted octanol–water partition coefficient (Wildman–Crippen LogP) is 10.5. The van der Waals surface area contributed by atoms with Gasteiger partial charge in [0, 0.05) is 33.9 Å². The fraction of sp³-hybridized carbons (Fsp3) is 0.128. The Balaban J connectivity index is 1.32. The highest BCUT2D eigenvalue weighted by molar-refractivity contribution is 5.87. The van der Waals surface area contributed by atoms with E-state index in [0.29, 0.717) is 0 Å². The molecule has 0 N–H and O–H groups in total. The molecule has 200 valence electrons. The fourth-order valence-corrected chi connectivity index (χ4v) is 6.48. The highest BCUT2D eigenvalue weighted by atomic mass is 15.2. The SMILES string of the molecule is CC1(C)c2cc(N(c3ccccc3)c3ccccc3)ccc2-c2ccc(N(c3ccccc3)C3C=CC=CC3)cc21. The Morgan fingerprint density at radius 3 is 1.59 bits per heavy atom. The van der Waals surface area contributed by atoms with Gasteiger partial charge in [-0.15, -0.1) is 0 Å². The first-order valence-electron chi connectivity index (χ1n) is 14.5. The first-order valence-corrected chi connectivity index (χ1v) is 14.5. The minimum absolute atomic E-state index is 0.138. The van der Waals surface area contributed by atoms with Gasteiger partial charge in [0.1, 0.15) is 0 Å². The summed E-state index contributed by atoms with van der Waals surface area (Å²) in [7, 11) is 0. The molecule has 1 atom stereocenters. The molecule has 1 unspecified atom stereocenters. The zero-order valence-electron chi connectivity index (χ0n) is 23.6. The molecule has 0 heterocycles. The van der Waals surface area contributed by atoms with Crippen molar-refractivity contribution in [2.45, 2.75) is 31.7 Å². The topological polar surface area (TPSA) is 6.48 Å². The number of fused-ring (bicyclic) bond motifs is 3. The lowest BCUT2D eigenvalue weighted by Crippen LogP contribution is -2.30. The molecule has 2 aliphatic carbocycles. The van der Waals surface area contributed by atoms with Crippen LogP contribution in [0.2, 0.25) is 0 Å². The molecule has 2 nitrogen and oxygen atoms in total. The Morgan fingerprint density at radius 1 is 0.537 bits per heavy atom. The minimum Gasteiger partial charge on any atom is -0.334 e. The van der Waals surface area contributed by atoms with Gasteiger partial charge in [0.15, 0.2) is 0 Å². The van der Waals surface area contributed by atoms with Crippen LogP contribution in [0, 0.1) is 0 Å². The first kappa shape index (κ1) is 25.2. The molecule has 2 aliphatic rings. The number of hydrogen-bond acceptors (Lipinski definition) is 2. The van der Waals surface area contributed by atoms with Crippen LogP contribution in [0.15, 0.2) is 152 Å². The van der Waals surface area contributed by atoms with Gasteiger partial charge in [-0.1, -0.05) is 105 Å². The van der Waals surface area contributed by atoms with E-state index in [2.05, 4.69) is 175 Å². The van der Waals surface area contributed by atoms with E-state index in [1.54, 1.807) is 0 Å². The van der Waals surface area contributed by atoms with Crippen molar-refractivity contribution < 1.29 is 0 Å². The number of hydrogen-bond donors (Lipinski definition) is 0. The Morgan fingerprint density at radius 2 is 1.05 bits per heavy atom. The Labute approximate surface area is 243 Å². The van der Waals surface area contributed by atoms with Crippen LogP contribution >= 0.6 is 0 Å². The molecule has 5 aromatic carbocycles. The zero-order chi connectivity index (χ0) is 27.8. The van der Waals surface area contributed by atoms with Crippen LogP contribution in [-0.2, 0) is 5.41 Å². The van der Waals surface area contributed by atoms with E-state index in [-0.39, 0.29) is 11.5 Å². The molecular weight excluding hydrogens is 496 g/mol. The fourth-order valence-electron chi connectivity index (χ4n) is 6.48. The third-order valence-corrected chi connectivity index (χ3v) is 8.53. The van der Waals surface area contributed by atoms with Gasteiger partial charge in [-0.2, -0.15) is 0 Å². The summed E-state index contributed by atoms with van der Waals surface area (Å²) in [6.07, 6.45) is 9.89. The van der Waals surface area contributed by atoms with Crippen LogP contribution in [0.3, 0.4) is 0 Å². The van der Waals surface area contributed by atoms with Crippen LogP contribution in [0.25, 0.3) is 11.1 Å². The summed E-state index contributed by atoms with van der Waals surface area (Å²) in [5.41, 5.74) is 11.2. The van der Waals surface area contributed by atoms with Crippen molar-refractivity contribution in [3.63, 3.8) is 0 Å². The van der Waals surface area contributed by atoms with E-state index < -0.39 is 0 Å². The molecule has 0 saturated carbocycles. The number of rotatable bonds is 6. The van der Waals surface area contributed by atoms with Crippen molar-refractivity contribution >= 4 is 28.4 Å². The molecule has 0 radical (unpaired) electrons. The summed E-state index contributed by atoms with van der Waals surface area (Å²) in [6, 6.07) is 46.4. The van der Waals surface area contributed by atoms with Gasteiger partial charge >= 0.3 is 0 Å². The lowest BCUT2D eigenvalue weighted by atomic mass is 9.82. The van der Waals surface area contributed by atoms with E-state index >= 15 is 0 Å². The van der Waals surface area contributed by atoms with Crippen molar-refractivity contribution in [2.75, 3.05) is 9.80 Å². The molecule has 0 saturated heterocycles. The van der Waals surface area contributed by atoms with E-state index in [1.165, 1.54) is 39.3 Å². The third-order valence-electron chi connectivity index (χ3n) is 8.53. The Kier molecular flexibility index (Phi) is 6.32. The average molecular weight is 531 g/mol. The molecule has 5 aromatic rings. The Hall–Kier alpha value is -4.82. The average Bonchev–Trinajstić information content (AvgIpc) is 3.25. The zero-order valence-corrected chi connectivity index (χ0v) is 23.6. The minimum atomic E-state index is -0.138. The van der Waals surface area contributed by atoms with Crippen molar-refractivity contribution in [1.29, 1.82) is 0 Å². The number of anilines is 5. The molecule has 0 amide bonds. The molecule has 0 spiro atoms. The summed E-state index contributed by atoms with van der Waals surface area (Å²) in [5.74, 6) is 0. The summed E-state index contributed by atoms with van der Waals surface area (Å²) in [5, 5.41) is 0. The molecule has 0 aromatic heterocycles. The smallest absolute Gasteiger partial charge is 0.0559 e. The molecular formula is C39H34N2. The van der Waals surface area contributed by atoms with Crippen molar-refractivity contribution in [3.05, 3.63) is 163 Å². The lowest BCUT2D eigenvalue weighted by molar-refractivity contribution is 0.659. The summed E-state index contributed by atoms with van der Waals surface area (Å²) in [6.45, 7) is 4.74. The largest absolute Gasteiger partial charge is 0.334 e. The first-order chi connectivity index (χ1) is 20.1. The quantitative estimate of drug-likeness (QED) is 0.215. The molecule has 0 aliphatic heterocycles. The van der Waals surface area contributed by atoms with Gasteiger partial charge in [0.05, 0.1) is 6.04 Å². The van der Waals surface area contributed by atoms with Gasteiger partial charge in [-0.3, -0.25) is 0 Å². The van der Waals surface area contributed by atoms with Crippen LogP contribution < -0.4 is 9.80 Å². The Bertz CT molecular complexity index is 1690. The van der Waals surface area contributed by atoms with Gasteiger partial charge < -0.3 is 9.80 Å². The highest BCUT2D eigenvalue weighted by Gasteiger charge is 2.37. The van der Waals surface area contributed by atoms with E-state index in [9.17, 15) is 0 Å². The lowest BCUT2D eigenvalue weighted by Gasteiger charge is -2.33. The second-order valence-electron chi connectivity index (χ2n) is 11.4. The van der Waals surface area contributed by atoms with E-state index in [1.807, 2.05) is 0 Å². The predicted molar refractivity (Wildman–Crippen MR) is 174 cm³/mol. The van der Waals surface area contributed by atoms with Crippen LogP contribution in [0.1, 0.15) is 31.4 Å². The van der Waals surface area contributed by atoms with Crippen LogP contribution in [-0.4, -0.2) is 6.04 Å². The number of para-hydroxylation sites is 3. The maximum absolute atomic E-state index is 2.48. The van der Waals surface area contributed by atoms with Crippen LogP contribution in [0.4, 0.5) is 28.4 Å². The molecule has 0 fully saturated rings. The standard InChI is InChI=1S/C39H34N2/c1-39(2)37-27-33(40(29-15-7-3-8-16-29)30-17-9-4-10-18-30)23-25-35(37)36-26-24-34(28-38(36)39)41(31-19-11-5-12-20-31)32-21-13-6-14-22-32/h3-21,23-28,32H,22H2,1-2H3. The van der Waals surface area contributed by atoms with Crippen molar-refractivity contribution in [3.8, 4) is 11.1 Å². The third kappa shape index (κ3) is 4.46.